The molecule has 1 aromatic heterocycles. The zero-order valence-corrected chi connectivity index (χ0v) is 18.3. The minimum absolute atomic E-state index is 0.504. The SMILES string of the molecule is CN=C(NCc1c(OC)cc(OC)cc1OC)N(C)Cc1cc(Br)cn1C. The van der Waals surface area contributed by atoms with Gasteiger partial charge in [0.25, 0.3) is 0 Å². The molecule has 2 rings (SSSR count). The Kier molecular flexibility index (Phi) is 7.41. The fraction of sp³-hybridized carbons (Fsp3) is 0.421. The number of aromatic nitrogens is 1. The van der Waals surface area contributed by atoms with E-state index in [0.29, 0.717) is 23.8 Å². The van der Waals surface area contributed by atoms with Gasteiger partial charge in [0.05, 0.1) is 40.0 Å². The summed E-state index contributed by atoms with van der Waals surface area (Å²) < 4.78 is 19.5. The van der Waals surface area contributed by atoms with Crippen molar-refractivity contribution in [2.75, 3.05) is 35.4 Å². The lowest BCUT2D eigenvalue weighted by Gasteiger charge is -2.23. The summed E-state index contributed by atoms with van der Waals surface area (Å²) in [6, 6.07) is 5.78. The van der Waals surface area contributed by atoms with E-state index >= 15 is 0 Å². The molecular weight excluding hydrogens is 412 g/mol. The zero-order chi connectivity index (χ0) is 20.0. The van der Waals surface area contributed by atoms with Crippen molar-refractivity contribution in [3.63, 3.8) is 0 Å². The molecule has 1 heterocycles. The maximum absolute atomic E-state index is 5.51. The van der Waals surface area contributed by atoms with Gasteiger partial charge in [0.15, 0.2) is 5.96 Å². The van der Waals surface area contributed by atoms with Gasteiger partial charge in [-0.05, 0) is 22.0 Å². The highest BCUT2D eigenvalue weighted by atomic mass is 79.9. The number of ether oxygens (including phenoxy) is 3. The van der Waals surface area contributed by atoms with Crippen LogP contribution in [0, 0.1) is 0 Å². The molecule has 0 spiro atoms. The summed E-state index contributed by atoms with van der Waals surface area (Å²) in [5, 5.41) is 3.37. The molecule has 0 saturated heterocycles. The minimum atomic E-state index is 0.504. The zero-order valence-electron chi connectivity index (χ0n) is 16.7. The maximum Gasteiger partial charge on any atom is 0.194 e. The number of hydrogen-bond donors (Lipinski definition) is 1. The lowest BCUT2D eigenvalue weighted by atomic mass is 10.1. The smallest absolute Gasteiger partial charge is 0.194 e. The number of benzene rings is 1. The van der Waals surface area contributed by atoms with E-state index in [-0.39, 0.29) is 0 Å². The van der Waals surface area contributed by atoms with E-state index in [4.69, 9.17) is 14.2 Å². The average molecular weight is 439 g/mol. The van der Waals surface area contributed by atoms with Crippen LogP contribution in [0.4, 0.5) is 0 Å². The first-order chi connectivity index (χ1) is 12.9. The van der Waals surface area contributed by atoms with Gasteiger partial charge in [-0.15, -0.1) is 0 Å². The Morgan fingerprint density at radius 1 is 1.15 bits per heavy atom. The first kappa shape index (κ1) is 21.0. The molecule has 2 aromatic rings. The molecule has 0 amide bonds. The third-order valence-corrected chi connectivity index (χ3v) is 4.72. The van der Waals surface area contributed by atoms with Crippen LogP contribution in [-0.2, 0) is 20.1 Å². The lowest BCUT2D eigenvalue weighted by molar-refractivity contribution is 0.367. The van der Waals surface area contributed by atoms with Crippen LogP contribution in [0.15, 0.2) is 33.9 Å². The number of methoxy groups -OCH3 is 3. The van der Waals surface area contributed by atoms with Gasteiger partial charge in [-0.1, -0.05) is 0 Å². The van der Waals surface area contributed by atoms with Crippen LogP contribution in [-0.4, -0.2) is 50.9 Å². The molecular formula is C19H27BrN4O3. The fourth-order valence-electron chi connectivity index (χ4n) is 2.85. The summed E-state index contributed by atoms with van der Waals surface area (Å²) in [6.07, 6.45) is 2.03. The first-order valence-electron chi connectivity index (χ1n) is 8.44. The third-order valence-electron chi connectivity index (χ3n) is 4.29. The second-order valence-corrected chi connectivity index (χ2v) is 6.94. The molecule has 0 saturated carbocycles. The topological polar surface area (TPSA) is 60.3 Å². The van der Waals surface area contributed by atoms with Gasteiger partial charge in [0, 0.05) is 49.6 Å². The van der Waals surface area contributed by atoms with Crippen molar-refractivity contribution in [1.82, 2.24) is 14.8 Å². The molecule has 0 aliphatic heterocycles. The van der Waals surface area contributed by atoms with Crippen molar-refractivity contribution >= 4 is 21.9 Å². The van der Waals surface area contributed by atoms with E-state index in [1.165, 1.54) is 5.69 Å². The van der Waals surface area contributed by atoms with Crippen LogP contribution in [0.5, 0.6) is 17.2 Å². The number of hydrogen-bond acceptors (Lipinski definition) is 4. The quantitative estimate of drug-likeness (QED) is 0.531. The van der Waals surface area contributed by atoms with Gasteiger partial charge in [-0.25, -0.2) is 0 Å². The summed E-state index contributed by atoms with van der Waals surface area (Å²) >= 11 is 3.51. The van der Waals surface area contributed by atoms with Gasteiger partial charge in [0.1, 0.15) is 17.2 Å². The number of aryl methyl sites for hydroxylation is 1. The van der Waals surface area contributed by atoms with Crippen LogP contribution in [0.2, 0.25) is 0 Å². The molecule has 8 heteroatoms. The standard InChI is InChI=1S/C19H27BrN4O3/c1-21-19(24(3)12-14-7-13(20)11-23(14)2)22-10-16-17(26-5)8-15(25-4)9-18(16)27-6/h7-9,11H,10,12H2,1-6H3,(H,21,22). The Morgan fingerprint density at radius 3 is 2.22 bits per heavy atom. The monoisotopic (exact) mass is 438 g/mol. The van der Waals surface area contributed by atoms with E-state index in [9.17, 15) is 0 Å². The number of nitrogens with zero attached hydrogens (tertiary/aromatic N) is 3. The van der Waals surface area contributed by atoms with E-state index in [1.807, 2.05) is 32.4 Å². The molecule has 0 radical (unpaired) electrons. The third kappa shape index (κ3) is 5.09. The van der Waals surface area contributed by atoms with Gasteiger partial charge < -0.3 is 29.0 Å². The van der Waals surface area contributed by atoms with Crippen molar-refractivity contribution in [2.45, 2.75) is 13.1 Å². The van der Waals surface area contributed by atoms with Crippen molar-refractivity contribution in [3.05, 3.63) is 40.1 Å². The molecule has 7 nitrogen and oxygen atoms in total. The van der Waals surface area contributed by atoms with Crippen LogP contribution in [0.1, 0.15) is 11.3 Å². The molecule has 0 atom stereocenters. The minimum Gasteiger partial charge on any atom is -0.496 e. The summed E-state index contributed by atoms with van der Waals surface area (Å²) in [7, 11) is 10.7. The van der Waals surface area contributed by atoms with Crippen LogP contribution >= 0.6 is 15.9 Å². The highest BCUT2D eigenvalue weighted by Gasteiger charge is 2.15. The van der Waals surface area contributed by atoms with Crippen LogP contribution in [0.25, 0.3) is 0 Å². The average Bonchev–Trinajstić information content (AvgIpc) is 2.98. The van der Waals surface area contributed by atoms with Crippen molar-refractivity contribution in [3.8, 4) is 17.2 Å². The van der Waals surface area contributed by atoms with Gasteiger partial charge in [-0.2, -0.15) is 0 Å². The van der Waals surface area contributed by atoms with E-state index < -0.39 is 0 Å². The lowest BCUT2D eigenvalue weighted by Crippen LogP contribution is -2.38. The highest BCUT2D eigenvalue weighted by Crippen LogP contribution is 2.33. The molecule has 27 heavy (non-hydrogen) atoms. The summed E-state index contributed by atoms with van der Waals surface area (Å²) in [5.41, 5.74) is 2.07. The Labute approximate surface area is 169 Å². The molecule has 0 bridgehead atoms. The predicted octanol–water partition coefficient (Wildman–Crippen LogP) is 3.02. The molecule has 0 unspecified atom stereocenters. The Morgan fingerprint density at radius 2 is 1.78 bits per heavy atom. The highest BCUT2D eigenvalue weighted by molar-refractivity contribution is 9.10. The van der Waals surface area contributed by atoms with Gasteiger partial charge in [0.2, 0.25) is 0 Å². The number of nitrogens with one attached hydrogen (secondary N) is 1. The van der Waals surface area contributed by atoms with Crippen LogP contribution < -0.4 is 19.5 Å². The van der Waals surface area contributed by atoms with Crippen molar-refractivity contribution in [2.24, 2.45) is 12.0 Å². The Balaban J connectivity index is 2.14. The number of aliphatic imine (C=N–C) groups is 1. The fourth-order valence-corrected chi connectivity index (χ4v) is 3.42. The summed E-state index contributed by atoms with van der Waals surface area (Å²) in [5.74, 6) is 2.85. The van der Waals surface area contributed by atoms with E-state index in [1.54, 1.807) is 28.4 Å². The molecule has 0 aliphatic carbocycles. The molecule has 0 aliphatic rings. The Hall–Kier alpha value is -2.35. The molecule has 0 fully saturated rings. The summed E-state index contributed by atoms with van der Waals surface area (Å²) in [4.78, 5) is 6.44. The van der Waals surface area contributed by atoms with Crippen molar-refractivity contribution in [1.29, 1.82) is 0 Å². The second kappa shape index (κ2) is 9.55. The number of halogens is 1. The Bertz CT molecular complexity index is 779. The number of guanidine groups is 1. The largest absolute Gasteiger partial charge is 0.496 e. The van der Waals surface area contributed by atoms with Gasteiger partial charge in [-0.3, -0.25) is 4.99 Å². The van der Waals surface area contributed by atoms with Gasteiger partial charge >= 0.3 is 0 Å². The van der Waals surface area contributed by atoms with E-state index in [0.717, 1.165) is 22.5 Å². The first-order valence-corrected chi connectivity index (χ1v) is 9.24. The molecule has 1 N–H and O–H groups in total. The molecule has 1 aromatic carbocycles. The maximum atomic E-state index is 5.51. The second-order valence-electron chi connectivity index (χ2n) is 6.03. The van der Waals surface area contributed by atoms with E-state index in [2.05, 4.69) is 41.8 Å². The normalized spacial score (nSPS) is 11.3. The summed E-state index contributed by atoms with van der Waals surface area (Å²) in [6.45, 7) is 1.23. The molecule has 148 valence electrons. The van der Waals surface area contributed by atoms with Crippen molar-refractivity contribution < 1.29 is 14.2 Å². The predicted molar refractivity (Wildman–Crippen MR) is 111 cm³/mol. The van der Waals surface area contributed by atoms with Crippen LogP contribution in [0.3, 0.4) is 0 Å². The number of rotatable bonds is 7.